The first-order valence-electron chi connectivity index (χ1n) is 4.35. The molecule has 0 atom stereocenters. The monoisotopic (exact) mass is 203 g/mol. The standard InChI is InChI=1S/C11H9NO3/c1-7-10(12-15-11(7)13)8-4-3-5-9(6-8)14-2/h3-6H,1H2,2H3. The number of hydrogen-bond acceptors (Lipinski definition) is 4. The normalized spacial score (nSPS) is 14.9. The van der Waals surface area contributed by atoms with E-state index >= 15 is 0 Å². The SMILES string of the molecule is C=C1C(=O)ON=C1c1cccc(OC)c1. The number of benzene rings is 1. The fourth-order valence-electron chi connectivity index (χ4n) is 1.29. The van der Waals surface area contributed by atoms with Crippen molar-refractivity contribution in [2.24, 2.45) is 5.16 Å². The van der Waals surface area contributed by atoms with Crippen molar-refractivity contribution < 1.29 is 14.4 Å². The molecule has 2 rings (SSSR count). The molecule has 0 bridgehead atoms. The van der Waals surface area contributed by atoms with E-state index in [1.807, 2.05) is 18.2 Å². The molecular formula is C11H9NO3. The number of oxime groups is 1. The van der Waals surface area contributed by atoms with Gasteiger partial charge in [-0.05, 0) is 12.1 Å². The first-order valence-corrected chi connectivity index (χ1v) is 4.35. The first-order chi connectivity index (χ1) is 7.22. The second kappa shape index (κ2) is 3.57. The molecular weight excluding hydrogens is 194 g/mol. The molecule has 0 unspecified atom stereocenters. The molecule has 1 aromatic rings. The van der Waals surface area contributed by atoms with Crippen molar-refractivity contribution in [1.29, 1.82) is 0 Å². The van der Waals surface area contributed by atoms with Crippen LogP contribution in [0.4, 0.5) is 0 Å². The zero-order chi connectivity index (χ0) is 10.8. The Morgan fingerprint density at radius 2 is 2.27 bits per heavy atom. The molecule has 0 aromatic heterocycles. The Labute approximate surface area is 86.8 Å². The van der Waals surface area contributed by atoms with E-state index in [1.165, 1.54) is 0 Å². The smallest absolute Gasteiger partial charge is 0.367 e. The van der Waals surface area contributed by atoms with Gasteiger partial charge in [0.2, 0.25) is 0 Å². The van der Waals surface area contributed by atoms with Crippen LogP contribution < -0.4 is 4.74 Å². The van der Waals surface area contributed by atoms with E-state index in [0.717, 1.165) is 5.56 Å². The molecule has 76 valence electrons. The zero-order valence-corrected chi connectivity index (χ0v) is 8.19. The van der Waals surface area contributed by atoms with Crippen LogP contribution in [-0.4, -0.2) is 18.8 Å². The molecule has 0 N–H and O–H groups in total. The van der Waals surface area contributed by atoms with Crippen LogP contribution in [0.3, 0.4) is 0 Å². The number of methoxy groups -OCH3 is 1. The third-order valence-corrected chi connectivity index (χ3v) is 2.10. The summed E-state index contributed by atoms with van der Waals surface area (Å²) < 4.78 is 5.07. The van der Waals surface area contributed by atoms with Crippen LogP contribution >= 0.6 is 0 Å². The molecule has 15 heavy (non-hydrogen) atoms. The second-order valence-corrected chi connectivity index (χ2v) is 3.03. The molecule has 0 radical (unpaired) electrons. The van der Waals surface area contributed by atoms with Crippen LogP contribution in [0.5, 0.6) is 5.75 Å². The van der Waals surface area contributed by atoms with Crippen LogP contribution in [0, 0.1) is 0 Å². The van der Waals surface area contributed by atoms with Gasteiger partial charge < -0.3 is 9.57 Å². The number of hydrogen-bond donors (Lipinski definition) is 0. The maximum Gasteiger partial charge on any atom is 0.367 e. The van der Waals surface area contributed by atoms with Gasteiger partial charge in [0.1, 0.15) is 11.5 Å². The number of nitrogens with zero attached hydrogens (tertiary/aromatic N) is 1. The molecule has 1 heterocycles. The van der Waals surface area contributed by atoms with Crippen LogP contribution in [0.15, 0.2) is 41.6 Å². The van der Waals surface area contributed by atoms with Gasteiger partial charge in [-0.3, -0.25) is 0 Å². The van der Waals surface area contributed by atoms with E-state index in [-0.39, 0.29) is 5.57 Å². The van der Waals surface area contributed by atoms with E-state index < -0.39 is 5.97 Å². The maximum absolute atomic E-state index is 11.0. The molecule has 1 aliphatic heterocycles. The Morgan fingerprint density at radius 3 is 2.87 bits per heavy atom. The van der Waals surface area contributed by atoms with Gasteiger partial charge in [0.05, 0.1) is 12.7 Å². The summed E-state index contributed by atoms with van der Waals surface area (Å²) in [6, 6.07) is 7.21. The van der Waals surface area contributed by atoms with Gasteiger partial charge in [0, 0.05) is 5.56 Å². The minimum absolute atomic E-state index is 0.267. The predicted octanol–water partition coefficient (Wildman–Crippen LogP) is 1.51. The van der Waals surface area contributed by atoms with Gasteiger partial charge in [-0.2, -0.15) is 0 Å². The fourth-order valence-corrected chi connectivity index (χ4v) is 1.29. The quantitative estimate of drug-likeness (QED) is 0.540. The van der Waals surface area contributed by atoms with E-state index in [2.05, 4.69) is 16.6 Å². The summed E-state index contributed by atoms with van der Waals surface area (Å²) in [6.07, 6.45) is 0. The van der Waals surface area contributed by atoms with E-state index in [0.29, 0.717) is 11.5 Å². The predicted molar refractivity (Wildman–Crippen MR) is 54.8 cm³/mol. The highest BCUT2D eigenvalue weighted by Gasteiger charge is 2.24. The molecule has 0 saturated carbocycles. The highest BCUT2D eigenvalue weighted by Crippen LogP contribution is 2.19. The zero-order valence-electron chi connectivity index (χ0n) is 8.19. The third kappa shape index (κ3) is 1.61. The molecule has 1 aliphatic rings. The van der Waals surface area contributed by atoms with Crippen LogP contribution in [0.25, 0.3) is 0 Å². The summed E-state index contributed by atoms with van der Waals surface area (Å²) in [5.74, 6) is 0.190. The Kier molecular flexibility index (Phi) is 2.25. The summed E-state index contributed by atoms with van der Waals surface area (Å²) >= 11 is 0. The number of ether oxygens (including phenoxy) is 1. The lowest BCUT2D eigenvalue weighted by molar-refractivity contribution is -0.136. The maximum atomic E-state index is 11.0. The fraction of sp³-hybridized carbons (Fsp3) is 0.0909. The molecule has 4 nitrogen and oxygen atoms in total. The first kappa shape index (κ1) is 9.45. The van der Waals surface area contributed by atoms with Crippen molar-refractivity contribution in [3.05, 3.63) is 42.0 Å². The van der Waals surface area contributed by atoms with E-state index in [4.69, 9.17) is 4.74 Å². The Bertz CT molecular complexity index is 463. The summed E-state index contributed by atoms with van der Waals surface area (Å²) in [5.41, 5.74) is 1.48. The third-order valence-electron chi connectivity index (χ3n) is 2.10. The second-order valence-electron chi connectivity index (χ2n) is 3.03. The summed E-state index contributed by atoms with van der Waals surface area (Å²) in [4.78, 5) is 15.6. The highest BCUT2D eigenvalue weighted by atomic mass is 16.7. The van der Waals surface area contributed by atoms with E-state index in [9.17, 15) is 4.79 Å². The lowest BCUT2D eigenvalue weighted by Gasteiger charge is -2.02. The topological polar surface area (TPSA) is 47.9 Å². The average molecular weight is 203 g/mol. The van der Waals surface area contributed by atoms with Crippen molar-refractivity contribution in [2.75, 3.05) is 7.11 Å². The van der Waals surface area contributed by atoms with Crippen molar-refractivity contribution in [2.45, 2.75) is 0 Å². The van der Waals surface area contributed by atoms with E-state index in [1.54, 1.807) is 13.2 Å². The van der Waals surface area contributed by atoms with Crippen LogP contribution in [0.1, 0.15) is 5.56 Å². The summed E-state index contributed by atoms with van der Waals surface area (Å²) in [7, 11) is 1.58. The largest absolute Gasteiger partial charge is 0.497 e. The van der Waals surface area contributed by atoms with Crippen molar-refractivity contribution in [3.8, 4) is 5.75 Å². The summed E-state index contributed by atoms with van der Waals surface area (Å²) in [5, 5.41) is 3.66. The Hall–Kier alpha value is -2.10. The number of carbonyl (C=O) groups is 1. The van der Waals surface area contributed by atoms with Gasteiger partial charge in [-0.1, -0.05) is 23.9 Å². The molecule has 1 aromatic carbocycles. The molecule has 0 spiro atoms. The van der Waals surface area contributed by atoms with Crippen LogP contribution in [0.2, 0.25) is 0 Å². The lowest BCUT2D eigenvalue weighted by atomic mass is 10.0. The number of carbonyl (C=O) groups excluding carboxylic acids is 1. The number of rotatable bonds is 2. The minimum atomic E-state index is -0.507. The van der Waals surface area contributed by atoms with Gasteiger partial charge in [-0.15, -0.1) is 0 Å². The minimum Gasteiger partial charge on any atom is -0.497 e. The summed E-state index contributed by atoms with van der Waals surface area (Å²) in [6.45, 7) is 3.60. The molecule has 0 fully saturated rings. The average Bonchev–Trinajstić information content (AvgIpc) is 2.60. The van der Waals surface area contributed by atoms with Gasteiger partial charge >= 0.3 is 5.97 Å². The lowest BCUT2D eigenvalue weighted by Crippen LogP contribution is -2.05. The molecule has 4 heteroatoms. The van der Waals surface area contributed by atoms with Crippen molar-refractivity contribution >= 4 is 11.7 Å². The highest BCUT2D eigenvalue weighted by molar-refractivity contribution is 6.28. The molecule has 0 aliphatic carbocycles. The Balaban J connectivity index is 2.38. The van der Waals surface area contributed by atoms with Crippen molar-refractivity contribution in [1.82, 2.24) is 0 Å². The molecule has 0 amide bonds. The van der Waals surface area contributed by atoms with Gasteiger partial charge in [-0.25, -0.2) is 4.79 Å². The Morgan fingerprint density at radius 1 is 1.47 bits per heavy atom. The van der Waals surface area contributed by atoms with Gasteiger partial charge in [0.15, 0.2) is 0 Å². The molecule has 0 saturated heterocycles. The van der Waals surface area contributed by atoms with Crippen molar-refractivity contribution in [3.63, 3.8) is 0 Å². The van der Waals surface area contributed by atoms with Gasteiger partial charge in [0.25, 0.3) is 0 Å². The van der Waals surface area contributed by atoms with Crippen LogP contribution in [-0.2, 0) is 9.63 Å².